The zero-order valence-electron chi connectivity index (χ0n) is 14.3. The lowest BCUT2D eigenvalue weighted by Gasteiger charge is -2.14. The highest BCUT2D eigenvalue weighted by molar-refractivity contribution is 7.98. The molecule has 0 atom stereocenters. The molecule has 1 aliphatic rings. The lowest BCUT2D eigenvalue weighted by atomic mass is 10.2. The molecule has 0 unspecified atom stereocenters. The first-order valence-corrected chi connectivity index (χ1v) is 10.1. The molecule has 0 saturated heterocycles. The SMILES string of the molecule is O=c1c2c(nc(SCc3ccccc3Cl)n1Cc1ccccc1)CCC2. The van der Waals surface area contributed by atoms with Crippen molar-refractivity contribution in [3.05, 3.63) is 92.4 Å². The second-order valence-electron chi connectivity index (χ2n) is 6.43. The van der Waals surface area contributed by atoms with Gasteiger partial charge < -0.3 is 0 Å². The normalized spacial score (nSPS) is 13.0. The average molecular weight is 383 g/mol. The summed E-state index contributed by atoms with van der Waals surface area (Å²) in [4.78, 5) is 17.9. The van der Waals surface area contributed by atoms with Crippen molar-refractivity contribution in [1.29, 1.82) is 0 Å². The summed E-state index contributed by atoms with van der Waals surface area (Å²) in [6.07, 6.45) is 2.75. The molecule has 3 aromatic rings. The van der Waals surface area contributed by atoms with Gasteiger partial charge in [0.15, 0.2) is 5.16 Å². The standard InChI is InChI=1S/C21H19ClN2OS/c22-18-11-5-4-9-16(18)14-26-21-23-19-12-6-10-17(19)20(25)24(21)13-15-7-2-1-3-8-15/h1-5,7-9,11H,6,10,12-14H2. The highest BCUT2D eigenvalue weighted by Crippen LogP contribution is 2.27. The van der Waals surface area contributed by atoms with Gasteiger partial charge in [0.05, 0.1) is 12.2 Å². The minimum absolute atomic E-state index is 0.109. The Hall–Kier alpha value is -2.04. The molecule has 1 heterocycles. The first-order chi connectivity index (χ1) is 12.7. The Morgan fingerprint density at radius 2 is 1.81 bits per heavy atom. The van der Waals surface area contributed by atoms with E-state index < -0.39 is 0 Å². The van der Waals surface area contributed by atoms with Crippen LogP contribution < -0.4 is 5.56 Å². The molecule has 0 amide bonds. The van der Waals surface area contributed by atoms with Gasteiger partial charge in [0.2, 0.25) is 0 Å². The van der Waals surface area contributed by atoms with Gasteiger partial charge >= 0.3 is 0 Å². The van der Waals surface area contributed by atoms with Gasteiger partial charge in [-0.15, -0.1) is 0 Å². The van der Waals surface area contributed by atoms with Crippen molar-refractivity contribution >= 4 is 23.4 Å². The van der Waals surface area contributed by atoms with E-state index in [9.17, 15) is 4.79 Å². The van der Waals surface area contributed by atoms with Crippen LogP contribution in [0, 0.1) is 0 Å². The predicted molar refractivity (Wildman–Crippen MR) is 107 cm³/mol. The van der Waals surface area contributed by atoms with Crippen LogP contribution in [0.4, 0.5) is 0 Å². The monoisotopic (exact) mass is 382 g/mol. The number of aromatic nitrogens is 2. The molecule has 132 valence electrons. The van der Waals surface area contributed by atoms with Crippen LogP contribution in [-0.4, -0.2) is 9.55 Å². The molecule has 0 N–H and O–H groups in total. The molecule has 0 aliphatic heterocycles. The number of fused-ring (bicyclic) bond motifs is 1. The summed E-state index contributed by atoms with van der Waals surface area (Å²) in [7, 11) is 0. The van der Waals surface area contributed by atoms with E-state index in [2.05, 4.69) is 0 Å². The highest BCUT2D eigenvalue weighted by Gasteiger charge is 2.21. The van der Waals surface area contributed by atoms with Crippen LogP contribution >= 0.6 is 23.4 Å². The summed E-state index contributed by atoms with van der Waals surface area (Å²) >= 11 is 7.86. The fraction of sp³-hybridized carbons (Fsp3) is 0.238. The van der Waals surface area contributed by atoms with Crippen LogP contribution in [0.15, 0.2) is 64.5 Å². The van der Waals surface area contributed by atoms with E-state index in [1.54, 1.807) is 11.8 Å². The summed E-state index contributed by atoms with van der Waals surface area (Å²) in [5.41, 5.74) is 4.14. The number of aryl methyl sites for hydroxylation is 1. The maximum Gasteiger partial charge on any atom is 0.257 e. The van der Waals surface area contributed by atoms with Crippen LogP contribution in [0.3, 0.4) is 0 Å². The third-order valence-electron chi connectivity index (χ3n) is 4.65. The number of halogens is 1. The smallest absolute Gasteiger partial charge is 0.257 e. The van der Waals surface area contributed by atoms with Crippen molar-refractivity contribution in [2.45, 2.75) is 36.7 Å². The Bertz CT molecular complexity index is 985. The molecule has 5 heteroatoms. The molecule has 1 aromatic heterocycles. The minimum Gasteiger partial charge on any atom is -0.283 e. The summed E-state index contributed by atoms with van der Waals surface area (Å²) in [5, 5.41) is 1.53. The fourth-order valence-electron chi connectivity index (χ4n) is 3.28. The molecule has 0 radical (unpaired) electrons. The van der Waals surface area contributed by atoms with Crippen molar-refractivity contribution in [3.63, 3.8) is 0 Å². The lowest BCUT2D eigenvalue weighted by Crippen LogP contribution is -2.27. The zero-order chi connectivity index (χ0) is 17.9. The summed E-state index contributed by atoms with van der Waals surface area (Å²) < 4.78 is 1.82. The number of hydrogen-bond acceptors (Lipinski definition) is 3. The maximum absolute atomic E-state index is 13.0. The molecule has 3 nitrogen and oxygen atoms in total. The Kier molecular flexibility index (Phi) is 5.14. The Morgan fingerprint density at radius 1 is 1.04 bits per heavy atom. The first-order valence-electron chi connectivity index (χ1n) is 8.75. The molecule has 1 aliphatic carbocycles. The van der Waals surface area contributed by atoms with Gasteiger partial charge in [-0.2, -0.15) is 0 Å². The van der Waals surface area contributed by atoms with E-state index in [-0.39, 0.29) is 5.56 Å². The van der Waals surface area contributed by atoms with Crippen molar-refractivity contribution < 1.29 is 0 Å². The predicted octanol–water partition coefficient (Wildman–Crippen LogP) is 4.73. The van der Waals surface area contributed by atoms with E-state index in [1.807, 2.05) is 59.2 Å². The van der Waals surface area contributed by atoms with E-state index in [1.165, 1.54) is 0 Å². The second kappa shape index (κ2) is 7.68. The van der Waals surface area contributed by atoms with Gasteiger partial charge in [-0.25, -0.2) is 4.98 Å². The number of rotatable bonds is 5. The van der Waals surface area contributed by atoms with Crippen LogP contribution in [-0.2, 0) is 25.1 Å². The van der Waals surface area contributed by atoms with Crippen LogP contribution in [0.25, 0.3) is 0 Å². The van der Waals surface area contributed by atoms with Crippen LogP contribution in [0.2, 0.25) is 5.02 Å². The first kappa shape index (κ1) is 17.4. The van der Waals surface area contributed by atoms with E-state index in [0.29, 0.717) is 12.3 Å². The summed E-state index contributed by atoms with van der Waals surface area (Å²) in [6.45, 7) is 0.546. The van der Waals surface area contributed by atoms with Crippen molar-refractivity contribution in [2.75, 3.05) is 0 Å². The van der Waals surface area contributed by atoms with Crippen LogP contribution in [0.1, 0.15) is 28.8 Å². The molecule has 0 bridgehead atoms. The average Bonchev–Trinajstić information content (AvgIpc) is 3.13. The van der Waals surface area contributed by atoms with Gasteiger partial charge in [0, 0.05) is 16.3 Å². The van der Waals surface area contributed by atoms with Crippen LogP contribution in [0.5, 0.6) is 0 Å². The van der Waals surface area contributed by atoms with Crippen molar-refractivity contribution in [2.24, 2.45) is 0 Å². The molecular formula is C21H19ClN2OS. The minimum atomic E-state index is 0.109. The summed E-state index contributed by atoms with van der Waals surface area (Å²) in [6, 6.07) is 17.9. The number of nitrogens with zero attached hydrogens (tertiary/aromatic N) is 2. The van der Waals surface area contributed by atoms with Gasteiger partial charge in [-0.3, -0.25) is 9.36 Å². The second-order valence-corrected chi connectivity index (χ2v) is 7.78. The maximum atomic E-state index is 13.0. The van der Waals surface area contributed by atoms with Gasteiger partial charge in [0.25, 0.3) is 5.56 Å². The van der Waals surface area contributed by atoms with Gasteiger partial charge in [-0.1, -0.05) is 71.9 Å². The Morgan fingerprint density at radius 3 is 2.62 bits per heavy atom. The molecule has 0 saturated carbocycles. The Balaban J connectivity index is 1.69. The molecule has 0 spiro atoms. The van der Waals surface area contributed by atoms with E-state index >= 15 is 0 Å². The molecule has 26 heavy (non-hydrogen) atoms. The molecule has 2 aromatic carbocycles. The third kappa shape index (κ3) is 3.57. The lowest BCUT2D eigenvalue weighted by molar-refractivity contribution is 0.631. The van der Waals surface area contributed by atoms with Crippen molar-refractivity contribution in [3.8, 4) is 0 Å². The number of benzene rings is 2. The molecular weight excluding hydrogens is 364 g/mol. The van der Waals surface area contributed by atoms with E-state index in [0.717, 1.165) is 51.8 Å². The largest absolute Gasteiger partial charge is 0.283 e. The fourth-order valence-corrected chi connectivity index (χ4v) is 4.58. The molecule has 0 fully saturated rings. The highest BCUT2D eigenvalue weighted by atomic mass is 35.5. The van der Waals surface area contributed by atoms with Gasteiger partial charge in [-0.05, 0) is 36.5 Å². The van der Waals surface area contributed by atoms with E-state index in [4.69, 9.17) is 16.6 Å². The quantitative estimate of drug-likeness (QED) is 0.472. The summed E-state index contributed by atoms with van der Waals surface area (Å²) in [5.74, 6) is 0.694. The van der Waals surface area contributed by atoms with Gasteiger partial charge in [0.1, 0.15) is 0 Å². The molecule has 4 rings (SSSR count). The van der Waals surface area contributed by atoms with Crippen molar-refractivity contribution in [1.82, 2.24) is 9.55 Å². The number of hydrogen-bond donors (Lipinski definition) is 0. The topological polar surface area (TPSA) is 34.9 Å². The Labute approximate surface area is 162 Å². The third-order valence-corrected chi connectivity index (χ3v) is 6.05. The zero-order valence-corrected chi connectivity index (χ0v) is 15.9. The number of thioether (sulfide) groups is 1.